The third-order valence-corrected chi connectivity index (χ3v) is 42.7. The highest BCUT2D eigenvalue weighted by Gasteiger charge is 2.40. The molecule has 0 aliphatic rings. The SMILES string of the molecule is CO[Si](C)(C)O[SiH](C)O[Si](C)(C)O[Si](C)(C)C.CO[Si](C)(C)O[Si](C)(C)C.CO[Si](C)(C)O[Si](C)(C)O[Si](C)(C)C.CO[Si](C)(C)O[Si](C)(C)O[Si](C)(C)C. The fourth-order valence-electron chi connectivity index (χ4n) is 5.20. The average Bonchev–Trinajstić information content (AvgIpc) is 2.82. The first-order chi connectivity index (χ1) is 23.6. The second-order valence-electron chi connectivity index (χ2n) is 20.5. The van der Waals surface area contributed by atoms with Crippen molar-refractivity contribution in [1.82, 2.24) is 0 Å². The summed E-state index contributed by atoms with van der Waals surface area (Å²) in [6, 6.07) is 0. The summed E-state index contributed by atoms with van der Waals surface area (Å²) >= 11 is 0. The van der Waals surface area contributed by atoms with E-state index in [1.807, 2.05) is 13.1 Å². The van der Waals surface area contributed by atoms with Gasteiger partial charge in [-0.25, -0.2) is 0 Å². The van der Waals surface area contributed by atoms with E-state index in [4.69, 9.17) is 50.6 Å². The first-order valence-electron chi connectivity index (χ1n) is 19.4. The van der Waals surface area contributed by atoms with E-state index in [-0.39, 0.29) is 0 Å². The maximum Gasteiger partial charge on any atom is 0.322 e. The van der Waals surface area contributed by atoms with E-state index in [0.717, 1.165) is 0 Å². The van der Waals surface area contributed by atoms with Crippen molar-refractivity contribution in [1.29, 1.82) is 0 Å². The monoisotopic (exact) mass is 994 g/mol. The van der Waals surface area contributed by atoms with Gasteiger partial charge in [0.2, 0.25) is 0 Å². The minimum atomic E-state index is -2.05. The second-order valence-corrected chi connectivity index (χ2v) is 66.5. The van der Waals surface area contributed by atoms with Gasteiger partial charge in [-0.3, -0.25) is 0 Å². The van der Waals surface area contributed by atoms with Crippen molar-refractivity contribution in [2.24, 2.45) is 0 Å². The molecule has 0 radical (unpaired) electrons. The number of hydrogen-bond acceptors (Lipinski definition) is 12. The quantitative estimate of drug-likeness (QED) is 0.108. The average molecular weight is 996 g/mol. The van der Waals surface area contributed by atoms with Crippen LogP contribution < -0.4 is 0 Å². The summed E-state index contributed by atoms with van der Waals surface area (Å²) < 4.78 is 69.6. The molecule has 338 valence electrons. The molecule has 55 heavy (non-hydrogen) atoms. The van der Waals surface area contributed by atoms with Gasteiger partial charge in [0.15, 0.2) is 33.3 Å². The summed E-state index contributed by atoms with van der Waals surface area (Å²) in [6.07, 6.45) is 0. The van der Waals surface area contributed by atoms with Crippen molar-refractivity contribution < 1.29 is 50.6 Å². The molecule has 0 bridgehead atoms. The Morgan fingerprint density at radius 3 is 0.618 bits per heavy atom. The summed E-state index contributed by atoms with van der Waals surface area (Å²) in [7, 11) is -14.4. The highest BCUT2D eigenvalue weighted by atomic mass is 28.5. The van der Waals surface area contributed by atoms with Gasteiger partial charge in [0.1, 0.15) is 0 Å². The Bertz CT molecular complexity index is 997. The van der Waals surface area contributed by atoms with E-state index in [2.05, 4.69) is 164 Å². The van der Waals surface area contributed by atoms with Gasteiger partial charge >= 0.3 is 69.2 Å². The van der Waals surface area contributed by atoms with Gasteiger partial charge in [-0.2, -0.15) is 0 Å². The standard InChI is InChI=1S/C9H28O4Si4.2C8H24O3Si3.C6H18O2Si2/c1-10-16(6,7)11-14(2)12-17(8,9)13-15(3,4)5;2*1-9-13(5,6)11-14(7,8)10-12(2,3)4;1-7-10(5,6)8-9(2,3)4/h14H,1-9H3;2*1-8H3;1-6H3. The van der Waals surface area contributed by atoms with Gasteiger partial charge in [0.05, 0.1) is 0 Å². The van der Waals surface area contributed by atoms with Crippen LogP contribution in [0.4, 0.5) is 0 Å². The van der Waals surface area contributed by atoms with Crippen LogP contribution in [0.15, 0.2) is 0 Å². The molecule has 1 atom stereocenters. The van der Waals surface area contributed by atoms with Gasteiger partial charge in [-0.05, 0) is 177 Å². The molecule has 0 amide bonds. The fraction of sp³-hybridized carbons (Fsp3) is 1.00. The van der Waals surface area contributed by atoms with Crippen LogP contribution in [0, 0.1) is 0 Å². The van der Waals surface area contributed by atoms with Crippen LogP contribution >= 0.6 is 0 Å². The normalized spacial score (nSPS) is 14.9. The van der Waals surface area contributed by atoms with E-state index >= 15 is 0 Å². The molecule has 0 heterocycles. The lowest BCUT2D eigenvalue weighted by Gasteiger charge is -2.36. The van der Waals surface area contributed by atoms with Crippen LogP contribution in [-0.2, 0) is 50.6 Å². The topological polar surface area (TPSA) is 111 Å². The zero-order chi connectivity index (χ0) is 45.6. The lowest BCUT2D eigenvalue weighted by molar-refractivity contribution is 0.278. The first kappa shape index (κ1) is 63.8. The Balaban J connectivity index is -0.000000320. The lowest BCUT2D eigenvalue weighted by Crippen LogP contribution is -2.52. The van der Waals surface area contributed by atoms with Crippen molar-refractivity contribution in [2.45, 2.75) is 177 Å². The summed E-state index contributed by atoms with van der Waals surface area (Å²) in [6.45, 7) is 57.3. The molecule has 0 fully saturated rings. The van der Waals surface area contributed by atoms with Gasteiger partial charge in [-0.1, -0.05) is 0 Å². The van der Waals surface area contributed by atoms with E-state index in [9.17, 15) is 0 Å². The Labute approximate surface area is 356 Å². The molecule has 0 aliphatic carbocycles. The third kappa shape index (κ3) is 45.5. The number of hydrogen-bond donors (Lipinski definition) is 0. The molecule has 0 N–H and O–H groups in total. The van der Waals surface area contributed by atoms with Crippen LogP contribution in [0.3, 0.4) is 0 Å². The molecule has 1 unspecified atom stereocenters. The third-order valence-electron chi connectivity index (χ3n) is 6.06. The number of rotatable bonds is 20. The molecule has 0 rings (SSSR count). The minimum absolute atomic E-state index is 1.38. The molecular formula is C31H94O12Si12. The van der Waals surface area contributed by atoms with E-state index in [0.29, 0.717) is 0 Å². The van der Waals surface area contributed by atoms with Gasteiger partial charge < -0.3 is 50.6 Å². The van der Waals surface area contributed by atoms with Gasteiger partial charge in [0.25, 0.3) is 0 Å². The van der Waals surface area contributed by atoms with E-state index < -0.39 is 102 Å². The van der Waals surface area contributed by atoms with Crippen LogP contribution in [0.5, 0.6) is 0 Å². The molecule has 0 aromatic heterocycles. The fourth-order valence-corrected chi connectivity index (χ4v) is 48.4. The minimum Gasteiger partial charge on any atom is -0.437 e. The van der Waals surface area contributed by atoms with Crippen LogP contribution in [0.25, 0.3) is 0 Å². The van der Waals surface area contributed by atoms with Crippen molar-refractivity contribution in [3.8, 4) is 0 Å². The molecule has 24 heteroatoms. The summed E-state index contributed by atoms with van der Waals surface area (Å²) in [5, 5.41) is 0. The predicted molar refractivity (Wildman–Crippen MR) is 265 cm³/mol. The van der Waals surface area contributed by atoms with Crippen LogP contribution in [0.2, 0.25) is 177 Å². The predicted octanol–water partition coefficient (Wildman–Crippen LogP) is 10.8. The first-order valence-corrected chi connectivity index (χ1v) is 54.8. The molecular weight excluding hydrogens is 901 g/mol. The Kier molecular flexibility index (Phi) is 28.6. The van der Waals surface area contributed by atoms with Crippen molar-refractivity contribution in [3.05, 3.63) is 0 Å². The maximum atomic E-state index is 6.13. The zero-order valence-corrected chi connectivity index (χ0v) is 54.1. The van der Waals surface area contributed by atoms with Crippen LogP contribution in [-0.4, -0.2) is 131 Å². The summed E-state index contributed by atoms with van der Waals surface area (Å²) in [5.74, 6) is 0. The second kappa shape index (κ2) is 24.7. The van der Waals surface area contributed by atoms with Crippen LogP contribution in [0.1, 0.15) is 0 Å². The molecule has 0 aliphatic heterocycles. The highest BCUT2D eigenvalue weighted by molar-refractivity contribution is 6.87. The smallest absolute Gasteiger partial charge is 0.322 e. The molecule has 0 aromatic rings. The Morgan fingerprint density at radius 2 is 0.418 bits per heavy atom. The molecule has 12 nitrogen and oxygen atoms in total. The van der Waals surface area contributed by atoms with Gasteiger partial charge in [-0.15, -0.1) is 0 Å². The largest absolute Gasteiger partial charge is 0.437 e. The van der Waals surface area contributed by atoms with E-state index in [1.54, 1.807) is 28.4 Å². The molecule has 0 spiro atoms. The molecule has 0 saturated heterocycles. The molecule has 0 saturated carbocycles. The summed E-state index contributed by atoms with van der Waals surface area (Å²) in [5.41, 5.74) is 0. The van der Waals surface area contributed by atoms with Gasteiger partial charge in [0, 0.05) is 28.4 Å². The molecule has 0 aromatic carbocycles. The van der Waals surface area contributed by atoms with Crippen molar-refractivity contribution in [3.63, 3.8) is 0 Å². The Hall–Kier alpha value is 2.12. The Morgan fingerprint density at radius 1 is 0.236 bits per heavy atom. The lowest BCUT2D eigenvalue weighted by atomic mass is 11.8. The van der Waals surface area contributed by atoms with Crippen molar-refractivity contribution in [2.75, 3.05) is 28.4 Å². The summed E-state index contributed by atoms with van der Waals surface area (Å²) in [4.78, 5) is 0. The zero-order valence-electron chi connectivity index (χ0n) is 42.0. The van der Waals surface area contributed by atoms with Crippen molar-refractivity contribution >= 4 is 102 Å². The van der Waals surface area contributed by atoms with E-state index in [1.165, 1.54) is 0 Å². The highest BCUT2D eigenvalue weighted by Crippen LogP contribution is 2.22. The maximum absolute atomic E-state index is 6.13.